The average Bonchev–Trinajstić information content (AvgIpc) is 3.02. The van der Waals surface area contributed by atoms with Gasteiger partial charge in [0, 0.05) is 45.8 Å². The number of fused-ring (bicyclic) bond motifs is 1. The Bertz CT molecular complexity index is 664. The molecule has 2 saturated heterocycles. The van der Waals surface area contributed by atoms with Gasteiger partial charge >= 0.3 is 0 Å². The average molecular weight is 338 g/mol. The van der Waals surface area contributed by atoms with Gasteiger partial charge in [-0.05, 0) is 17.7 Å². The van der Waals surface area contributed by atoms with Crippen molar-refractivity contribution in [2.75, 3.05) is 32.7 Å². The van der Waals surface area contributed by atoms with Crippen molar-refractivity contribution < 1.29 is 4.79 Å². The van der Waals surface area contributed by atoms with Crippen LogP contribution in [0.4, 0.5) is 0 Å². The van der Waals surface area contributed by atoms with Gasteiger partial charge in [-0.1, -0.05) is 36.4 Å². The molecule has 0 saturated carbocycles. The van der Waals surface area contributed by atoms with Crippen LogP contribution in [0.1, 0.15) is 18.5 Å². The summed E-state index contributed by atoms with van der Waals surface area (Å²) in [7, 11) is 0. The Morgan fingerprint density at radius 1 is 1.12 bits per heavy atom. The second-order valence-corrected chi connectivity index (χ2v) is 7.05. The van der Waals surface area contributed by atoms with Crippen LogP contribution in [0.25, 0.3) is 0 Å². The van der Waals surface area contributed by atoms with Gasteiger partial charge in [0.1, 0.15) is 0 Å². The summed E-state index contributed by atoms with van der Waals surface area (Å²) < 4.78 is 0. The Labute approximate surface area is 149 Å². The van der Waals surface area contributed by atoms with Gasteiger partial charge in [0.25, 0.3) is 0 Å². The lowest BCUT2D eigenvalue weighted by Gasteiger charge is -2.38. The number of rotatable bonds is 3. The van der Waals surface area contributed by atoms with Crippen molar-refractivity contribution >= 4 is 5.91 Å². The number of benzene rings is 1. The Balaban J connectivity index is 1.50. The molecule has 3 atom stereocenters. The quantitative estimate of drug-likeness (QED) is 0.908. The standard InChI is InChI=1S/C20H26N4O/c1-16(25)23-13-11-22(12-14-23)15-18-20(17-7-3-2-4-8-17)21-19-9-5-6-10-24(18)19/h2-10,18-21H,11-15H2,1H3. The van der Waals surface area contributed by atoms with Crippen molar-refractivity contribution in [2.45, 2.75) is 25.2 Å². The monoisotopic (exact) mass is 338 g/mol. The minimum Gasteiger partial charge on any atom is -0.353 e. The summed E-state index contributed by atoms with van der Waals surface area (Å²) in [6, 6.07) is 11.4. The van der Waals surface area contributed by atoms with Crippen molar-refractivity contribution in [2.24, 2.45) is 0 Å². The molecule has 3 aliphatic heterocycles. The van der Waals surface area contributed by atoms with Crippen LogP contribution < -0.4 is 5.32 Å². The zero-order valence-electron chi connectivity index (χ0n) is 14.7. The van der Waals surface area contributed by atoms with E-state index >= 15 is 0 Å². The first-order chi connectivity index (χ1) is 12.2. The molecule has 3 heterocycles. The molecule has 2 fully saturated rings. The van der Waals surface area contributed by atoms with Crippen LogP contribution in [0.5, 0.6) is 0 Å². The SMILES string of the molecule is CC(=O)N1CCN(CC2C(c3ccccc3)NC3C=CC=CN32)CC1. The number of hydrogen-bond acceptors (Lipinski definition) is 4. The first-order valence-electron chi connectivity index (χ1n) is 9.14. The fraction of sp³-hybridized carbons (Fsp3) is 0.450. The highest BCUT2D eigenvalue weighted by Gasteiger charge is 2.40. The Morgan fingerprint density at radius 2 is 1.88 bits per heavy atom. The minimum absolute atomic E-state index is 0.188. The van der Waals surface area contributed by atoms with Crippen molar-refractivity contribution in [3.63, 3.8) is 0 Å². The van der Waals surface area contributed by atoms with E-state index in [1.165, 1.54) is 5.56 Å². The highest BCUT2D eigenvalue weighted by atomic mass is 16.2. The molecule has 0 bridgehead atoms. The van der Waals surface area contributed by atoms with Crippen LogP contribution in [-0.4, -0.2) is 65.5 Å². The number of piperazine rings is 1. The fourth-order valence-electron chi connectivity index (χ4n) is 4.12. The van der Waals surface area contributed by atoms with E-state index in [1.54, 1.807) is 6.92 Å². The molecule has 1 aromatic rings. The summed E-state index contributed by atoms with van der Waals surface area (Å²) in [5.41, 5.74) is 1.34. The van der Waals surface area contributed by atoms with Gasteiger partial charge in [-0.15, -0.1) is 0 Å². The van der Waals surface area contributed by atoms with E-state index in [4.69, 9.17) is 0 Å². The molecule has 132 valence electrons. The zero-order chi connectivity index (χ0) is 17.2. The van der Waals surface area contributed by atoms with Gasteiger partial charge in [-0.25, -0.2) is 0 Å². The number of carbonyl (C=O) groups excluding carboxylic acids is 1. The van der Waals surface area contributed by atoms with E-state index in [9.17, 15) is 4.79 Å². The normalized spacial score (nSPS) is 29.1. The largest absolute Gasteiger partial charge is 0.353 e. The maximum absolute atomic E-state index is 11.5. The third-order valence-electron chi connectivity index (χ3n) is 5.52. The first kappa shape index (κ1) is 16.4. The van der Waals surface area contributed by atoms with E-state index < -0.39 is 0 Å². The van der Waals surface area contributed by atoms with Crippen LogP contribution in [0.3, 0.4) is 0 Å². The van der Waals surface area contributed by atoms with Crippen LogP contribution in [0, 0.1) is 0 Å². The molecule has 0 aliphatic carbocycles. The highest BCUT2D eigenvalue weighted by Crippen LogP contribution is 2.32. The molecular weight excluding hydrogens is 312 g/mol. The zero-order valence-corrected chi connectivity index (χ0v) is 14.7. The fourth-order valence-corrected chi connectivity index (χ4v) is 4.12. The predicted molar refractivity (Wildman–Crippen MR) is 98.7 cm³/mol. The lowest BCUT2D eigenvalue weighted by Crippen LogP contribution is -2.52. The number of carbonyl (C=O) groups is 1. The van der Waals surface area contributed by atoms with Gasteiger partial charge < -0.3 is 9.80 Å². The summed E-state index contributed by atoms with van der Waals surface area (Å²) in [6.07, 6.45) is 8.93. The molecule has 4 rings (SSSR count). The summed E-state index contributed by atoms with van der Waals surface area (Å²) in [6.45, 7) is 6.25. The van der Waals surface area contributed by atoms with Gasteiger partial charge in [0.15, 0.2) is 0 Å². The molecule has 1 aromatic carbocycles. The Morgan fingerprint density at radius 3 is 2.60 bits per heavy atom. The van der Waals surface area contributed by atoms with Crippen LogP contribution in [-0.2, 0) is 4.79 Å². The predicted octanol–water partition coefficient (Wildman–Crippen LogP) is 1.58. The lowest BCUT2D eigenvalue weighted by atomic mass is 9.99. The number of nitrogens with zero attached hydrogens (tertiary/aromatic N) is 3. The lowest BCUT2D eigenvalue weighted by molar-refractivity contribution is -0.130. The second kappa shape index (κ2) is 7.02. The maximum atomic E-state index is 11.5. The van der Waals surface area contributed by atoms with Gasteiger partial charge in [0.2, 0.25) is 5.91 Å². The van der Waals surface area contributed by atoms with Gasteiger partial charge in [-0.2, -0.15) is 0 Å². The molecule has 0 radical (unpaired) electrons. The molecule has 5 nitrogen and oxygen atoms in total. The van der Waals surface area contributed by atoms with E-state index in [0.29, 0.717) is 12.1 Å². The smallest absolute Gasteiger partial charge is 0.219 e. The number of hydrogen-bond donors (Lipinski definition) is 1. The summed E-state index contributed by atoms with van der Waals surface area (Å²) in [5.74, 6) is 0.188. The highest BCUT2D eigenvalue weighted by molar-refractivity contribution is 5.73. The van der Waals surface area contributed by atoms with Crippen molar-refractivity contribution in [1.82, 2.24) is 20.0 Å². The third-order valence-corrected chi connectivity index (χ3v) is 5.52. The molecule has 1 amide bonds. The number of amides is 1. The molecule has 3 unspecified atom stereocenters. The van der Waals surface area contributed by atoms with Crippen LogP contribution in [0.2, 0.25) is 0 Å². The van der Waals surface area contributed by atoms with Crippen LogP contribution in [0.15, 0.2) is 54.8 Å². The topological polar surface area (TPSA) is 38.8 Å². The molecule has 0 spiro atoms. The van der Waals surface area contributed by atoms with Gasteiger partial charge in [-0.3, -0.25) is 15.0 Å². The van der Waals surface area contributed by atoms with Gasteiger partial charge in [0.05, 0.1) is 18.2 Å². The summed E-state index contributed by atoms with van der Waals surface area (Å²) >= 11 is 0. The van der Waals surface area contributed by atoms with Crippen molar-refractivity contribution in [3.05, 3.63) is 60.3 Å². The molecule has 1 N–H and O–H groups in total. The number of nitrogens with one attached hydrogen (secondary N) is 1. The summed E-state index contributed by atoms with van der Waals surface area (Å²) in [4.78, 5) is 18.4. The Kier molecular flexibility index (Phi) is 4.59. The second-order valence-electron chi connectivity index (χ2n) is 7.05. The van der Waals surface area contributed by atoms with Crippen molar-refractivity contribution in [1.29, 1.82) is 0 Å². The van der Waals surface area contributed by atoms with E-state index in [1.807, 2.05) is 4.90 Å². The third kappa shape index (κ3) is 3.34. The minimum atomic E-state index is 0.188. The molecule has 3 aliphatic rings. The van der Waals surface area contributed by atoms with E-state index in [-0.39, 0.29) is 12.1 Å². The Hall–Kier alpha value is -2.11. The maximum Gasteiger partial charge on any atom is 0.219 e. The summed E-state index contributed by atoms with van der Waals surface area (Å²) in [5, 5.41) is 3.77. The van der Waals surface area contributed by atoms with E-state index in [0.717, 1.165) is 32.7 Å². The van der Waals surface area contributed by atoms with E-state index in [2.05, 4.69) is 69.9 Å². The molecule has 25 heavy (non-hydrogen) atoms. The molecule has 0 aromatic heterocycles. The number of allylic oxidation sites excluding steroid dienone is 2. The van der Waals surface area contributed by atoms with Crippen molar-refractivity contribution in [3.8, 4) is 0 Å². The van der Waals surface area contributed by atoms with Crippen LogP contribution >= 0.6 is 0 Å². The first-order valence-corrected chi connectivity index (χ1v) is 9.14. The molecular formula is C20H26N4O. The molecule has 5 heteroatoms.